The fourth-order valence-electron chi connectivity index (χ4n) is 2.86. The van der Waals surface area contributed by atoms with Crippen LogP contribution in [-0.2, 0) is 6.42 Å². The fraction of sp³-hybridized carbons (Fsp3) is 0.733. The molecule has 3 N–H and O–H groups in total. The third-order valence-corrected chi connectivity index (χ3v) is 4.88. The molecule has 1 aromatic rings. The lowest BCUT2D eigenvalue weighted by molar-refractivity contribution is -0.0130. The van der Waals surface area contributed by atoms with Gasteiger partial charge in [-0.3, -0.25) is 0 Å². The monoisotopic (exact) mass is 311 g/mol. The van der Waals surface area contributed by atoms with Crippen molar-refractivity contribution in [2.24, 2.45) is 5.92 Å². The van der Waals surface area contributed by atoms with Gasteiger partial charge in [-0.05, 0) is 25.7 Å². The van der Waals surface area contributed by atoms with E-state index < -0.39 is 5.60 Å². The summed E-state index contributed by atoms with van der Waals surface area (Å²) in [4.78, 5) is 15.9. The van der Waals surface area contributed by atoms with E-state index in [0.29, 0.717) is 19.0 Å². The van der Waals surface area contributed by atoms with Crippen molar-refractivity contribution < 1.29 is 9.90 Å². The zero-order valence-electron chi connectivity index (χ0n) is 12.6. The van der Waals surface area contributed by atoms with E-state index in [2.05, 4.69) is 15.6 Å². The Hall–Kier alpha value is -1.14. The van der Waals surface area contributed by atoms with Crippen LogP contribution in [0.25, 0.3) is 0 Å². The first-order valence-electron chi connectivity index (χ1n) is 7.69. The van der Waals surface area contributed by atoms with Crippen molar-refractivity contribution in [3.63, 3.8) is 0 Å². The summed E-state index contributed by atoms with van der Waals surface area (Å²) in [6, 6.07) is -0.221. The van der Waals surface area contributed by atoms with E-state index in [-0.39, 0.29) is 6.03 Å². The number of hydrogen-bond acceptors (Lipinski definition) is 4. The van der Waals surface area contributed by atoms with E-state index in [1.807, 2.05) is 12.3 Å². The second kappa shape index (κ2) is 7.75. The molecule has 0 aromatic carbocycles. The average molecular weight is 311 g/mol. The number of amides is 2. The summed E-state index contributed by atoms with van der Waals surface area (Å²) in [5, 5.41) is 18.1. The van der Waals surface area contributed by atoms with Crippen LogP contribution in [0.15, 0.2) is 10.9 Å². The van der Waals surface area contributed by atoms with Gasteiger partial charge in [-0.25, -0.2) is 9.78 Å². The maximum absolute atomic E-state index is 11.7. The van der Waals surface area contributed by atoms with Crippen LogP contribution in [0.1, 0.15) is 44.7 Å². The predicted octanol–water partition coefficient (Wildman–Crippen LogP) is 2.32. The second-order valence-electron chi connectivity index (χ2n) is 6.03. The summed E-state index contributed by atoms with van der Waals surface area (Å²) in [5.41, 5.74) is 1.97. The summed E-state index contributed by atoms with van der Waals surface area (Å²) >= 11 is 1.56. The van der Waals surface area contributed by atoms with Crippen LogP contribution in [0.5, 0.6) is 0 Å². The molecule has 5 nitrogen and oxygen atoms in total. The molecule has 0 saturated heterocycles. The topological polar surface area (TPSA) is 74.2 Å². The summed E-state index contributed by atoms with van der Waals surface area (Å²) in [6.07, 6.45) is 6.47. The highest BCUT2D eigenvalue weighted by Crippen LogP contribution is 2.32. The molecule has 1 fully saturated rings. The average Bonchev–Trinajstić information content (AvgIpc) is 2.99. The zero-order valence-corrected chi connectivity index (χ0v) is 13.4. The predicted molar refractivity (Wildman–Crippen MR) is 84.4 cm³/mol. The Morgan fingerprint density at radius 1 is 1.43 bits per heavy atom. The number of carbonyl (C=O) groups is 1. The number of aromatic nitrogens is 1. The number of nitrogens with zero attached hydrogens (tertiary/aromatic N) is 1. The van der Waals surface area contributed by atoms with E-state index >= 15 is 0 Å². The zero-order chi connectivity index (χ0) is 15.1. The largest absolute Gasteiger partial charge is 0.388 e. The van der Waals surface area contributed by atoms with Gasteiger partial charge in [-0.2, -0.15) is 0 Å². The fourth-order valence-corrected chi connectivity index (χ4v) is 3.45. The van der Waals surface area contributed by atoms with Crippen molar-refractivity contribution in [1.82, 2.24) is 15.6 Å². The minimum Gasteiger partial charge on any atom is -0.388 e. The number of urea groups is 1. The number of rotatable bonds is 6. The molecule has 1 aromatic heterocycles. The summed E-state index contributed by atoms with van der Waals surface area (Å²) in [7, 11) is 0. The Balaban J connectivity index is 1.65. The molecule has 0 aliphatic heterocycles. The van der Waals surface area contributed by atoms with Gasteiger partial charge in [0.1, 0.15) is 0 Å². The first-order valence-corrected chi connectivity index (χ1v) is 8.63. The minimum atomic E-state index is -0.813. The number of aliphatic hydroxyl groups is 1. The smallest absolute Gasteiger partial charge is 0.314 e. The molecule has 118 valence electrons. The summed E-state index contributed by atoms with van der Waals surface area (Å²) < 4.78 is 0. The first-order chi connectivity index (χ1) is 10.1. The van der Waals surface area contributed by atoms with Gasteiger partial charge in [0.15, 0.2) is 0 Å². The van der Waals surface area contributed by atoms with Crippen molar-refractivity contribution in [2.75, 3.05) is 13.1 Å². The molecule has 0 radical (unpaired) electrons. The van der Waals surface area contributed by atoms with Gasteiger partial charge in [-0.1, -0.05) is 19.3 Å². The van der Waals surface area contributed by atoms with Gasteiger partial charge in [-0.15, -0.1) is 11.3 Å². The van der Waals surface area contributed by atoms with Crippen molar-refractivity contribution in [1.29, 1.82) is 0 Å². The van der Waals surface area contributed by atoms with E-state index in [0.717, 1.165) is 25.0 Å². The maximum Gasteiger partial charge on any atom is 0.314 e. The molecule has 2 amide bonds. The molecule has 1 aliphatic rings. The van der Waals surface area contributed by atoms with E-state index in [9.17, 15) is 9.90 Å². The Morgan fingerprint density at radius 3 is 2.86 bits per heavy atom. The molecule has 2 rings (SSSR count). The van der Waals surface area contributed by atoms with Crippen molar-refractivity contribution in [2.45, 2.75) is 51.0 Å². The molecular formula is C15H25N3O2S. The Bertz CT molecular complexity index is 428. The molecule has 1 atom stereocenters. The van der Waals surface area contributed by atoms with Gasteiger partial charge >= 0.3 is 6.03 Å². The lowest BCUT2D eigenvalue weighted by Crippen LogP contribution is -2.49. The number of hydrogen-bond donors (Lipinski definition) is 3. The maximum atomic E-state index is 11.7. The van der Waals surface area contributed by atoms with E-state index in [4.69, 9.17) is 0 Å². The quantitative estimate of drug-likeness (QED) is 0.755. The van der Waals surface area contributed by atoms with Crippen LogP contribution in [0, 0.1) is 5.92 Å². The molecule has 1 saturated carbocycles. The van der Waals surface area contributed by atoms with Crippen LogP contribution in [0.2, 0.25) is 0 Å². The molecule has 0 unspecified atom stereocenters. The van der Waals surface area contributed by atoms with Crippen LogP contribution < -0.4 is 10.6 Å². The van der Waals surface area contributed by atoms with Gasteiger partial charge in [0.25, 0.3) is 0 Å². The highest BCUT2D eigenvalue weighted by molar-refractivity contribution is 7.07. The minimum absolute atomic E-state index is 0.221. The van der Waals surface area contributed by atoms with Gasteiger partial charge in [0, 0.05) is 24.9 Å². The lowest BCUT2D eigenvalue weighted by atomic mass is 9.78. The number of carbonyl (C=O) groups excluding carboxylic acids is 1. The molecule has 6 heteroatoms. The van der Waals surface area contributed by atoms with Crippen LogP contribution in [0.4, 0.5) is 4.79 Å². The Labute approximate surface area is 130 Å². The third-order valence-electron chi connectivity index (χ3n) is 4.24. The number of nitrogens with one attached hydrogen (secondary N) is 2. The lowest BCUT2D eigenvalue weighted by Gasteiger charge is -2.35. The third kappa shape index (κ3) is 5.28. The van der Waals surface area contributed by atoms with Crippen molar-refractivity contribution in [3.8, 4) is 0 Å². The van der Waals surface area contributed by atoms with Crippen LogP contribution in [-0.4, -0.2) is 34.8 Å². The Morgan fingerprint density at radius 2 is 2.19 bits per heavy atom. The van der Waals surface area contributed by atoms with Crippen molar-refractivity contribution >= 4 is 17.4 Å². The molecule has 0 bridgehead atoms. The summed E-state index contributed by atoms with van der Waals surface area (Å²) in [5.74, 6) is 0.293. The van der Waals surface area contributed by atoms with Gasteiger partial charge < -0.3 is 15.7 Å². The van der Waals surface area contributed by atoms with E-state index in [1.54, 1.807) is 16.8 Å². The highest BCUT2D eigenvalue weighted by atomic mass is 32.1. The first kappa shape index (κ1) is 16.2. The van der Waals surface area contributed by atoms with Gasteiger partial charge in [0.2, 0.25) is 0 Å². The van der Waals surface area contributed by atoms with E-state index in [1.165, 1.54) is 19.3 Å². The molecule has 1 aliphatic carbocycles. The van der Waals surface area contributed by atoms with Gasteiger partial charge in [0.05, 0.1) is 16.8 Å². The SMILES string of the molecule is C[C@@](O)(CNC(=O)NCCc1cscn1)C1CCCCC1. The molecule has 0 spiro atoms. The standard InChI is InChI=1S/C15H25N3O2S/c1-15(20,12-5-3-2-4-6-12)10-17-14(19)16-8-7-13-9-21-11-18-13/h9,11-12,20H,2-8,10H2,1H3,(H2,16,17,19)/t15-/m1/s1. The van der Waals surface area contributed by atoms with Crippen LogP contribution >= 0.6 is 11.3 Å². The normalized spacial score (nSPS) is 19.0. The highest BCUT2D eigenvalue weighted by Gasteiger charge is 2.32. The summed E-state index contributed by atoms with van der Waals surface area (Å²) in [6.45, 7) is 2.69. The molecule has 21 heavy (non-hydrogen) atoms. The van der Waals surface area contributed by atoms with Crippen LogP contribution in [0.3, 0.4) is 0 Å². The Kier molecular flexibility index (Phi) is 5.99. The molecular weight excluding hydrogens is 286 g/mol. The molecule has 1 heterocycles. The van der Waals surface area contributed by atoms with Crippen molar-refractivity contribution in [3.05, 3.63) is 16.6 Å². The number of thiazole rings is 1. The second-order valence-corrected chi connectivity index (χ2v) is 6.75.